The molecule has 0 aromatic heterocycles. The average molecular weight is 269 g/mol. The van der Waals surface area contributed by atoms with Crippen LogP contribution in [0, 0.1) is 0 Å². The van der Waals surface area contributed by atoms with Crippen LogP contribution in [0.3, 0.4) is 0 Å². The maximum Gasteiger partial charge on any atom is 0.0223 e. The molecule has 96 valence electrons. The Morgan fingerprint density at radius 1 is 0.947 bits per heavy atom. The van der Waals surface area contributed by atoms with E-state index in [9.17, 15) is 0 Å². The molecule has 0 fully saturated rings. The third-order valence-corrected chi connectivity index (χ3v) is 5.26. The summed E-state index contributed by atoms with van der Waals surface area (Å²) < 4.78 is 0. The molecule has 0 radical (unpaired) electrons. The Kier molecular flexibility index (Phi) is 2.50. The van der Waals surface area contributed by atoms with Crippen LogP contribution in [0.1, 0.15) is 47.4 Å². The second-order valence-electron chi connectivity index (χ2n) is 5.81. The first-order valence-corrected chi connectivity index (χ1v) is 7.65. The zero-order chi connectivity index (χ0) is 12.9. The second-order valence-corrected chi connectivity index (χ2v) is 6.18. The number of hydrogen-bond donors (Lipinski definition) is 0. The van der Waals surface area contributed by atoms with Crippen LogP contribution in [0.4, 0.5) is 0 Å². The molecule has 0 saturated carbocycles. The number of alkyl halides is 1. The monoisotopic (exact) mass is 268 g/mol. The van der Waals surface area contributed by atoms with Crippen molar-refractivity contribution >= 4 is 11.6 Å². The summed E-state index contributed by atoms with van der Waals surface area (Å²) in [5.74, 6) is 1.37. The SMILES string of the molecule is ClCCCC12CC(c3ccccc31)c1ccccc12. The van der Waals surface area contributed by atoms with Crippen LogP contribution in [-0.4, -0.2) is 5.88 Å². The highest BCUT2D eigenvalue weighted by Gasteiger charge is 2.51. The van der Waals surface area contributed by atoms with Gasteiger partial charge in [-0.1, -0.05) is 48.5 Å². The average Bonchev–Trinajstić information content (AvgIpc) is 2.98. The van der Waals surface area contributed by atoms with E-state index in [0.29, 0.717) is 5.92 Å². The van der Waals surface area contributed by atoms with E-state index < -0.39 is 0 Å². The molecule has 2 aliphatic carbocycles. The zero-order valence-corrected chi connectivity index (χ0v) is 11.7. The van der Waals surface area contributed by atoms with E-state index in [2.05, 4.69) is 48.5 Å². The van der Waals surface area contributed by atoms with E-state index in [4.69, 9.17) is 11.6 Å². The topological polar surface area (TPSA) is 0 Å². The van der Waals surface area contributed by atoms with Crippen LogP contribution in [0.25, 0.3) is 0 Å². The third kappa shape index (κ3) is 1.41. The second kappa shape index (κ2) is 4.11. The van der Waals surface area contributed by atoms with Gasteiger partial charge in [-0.05, 0) is 41.5 Å². The van der Waals surface area contributed by atoms with Gasteiger partial charge in [0.2, 0.25) is 0 Å². The van der Waals surface area contributed by atoms with Crippen LogP contribution in [0.5, 0.6) is 0 Å². The van der Waals surface area contributed by atoms with E-state index in [1.54, 1.807) is 22.3 Å². The van der Waals surface area contributed by atoms with Crippen molar-refractivity contribution in [1.29, 1.82) is 0 Å². The molecule has 4 rings (SSSR count). The van der Waals surface area contributed by atoms with E-state index in [-0.39, 0.29) is 5.41 Å². The van der Waals surface area contributed by atoms with Crippen molar-refractivity contribution < 1.29 is 0 Å². The van der Waals surface area contributed by atoms with Crippen LogP contribution < -0.4 is 0 Å². The van der Waals surface area contributed by atoms with E-state index in [1.165, 1.54) is 12.8 Å². The molecule has 1 heteroatoms. The minimum Gasteiger partial charge on any atom is -0.127 e. The lowest BCUT2D eigenvalue weighted by Crippen LogP contribution is -2.24. The molecule has 0 N–H and O–H groups in total. The van der Waals surface area contributed by atoms with Gasteiger partial charge in [-0.2, -0.15) is 0 Å². The lowest BCUT2D eigenvalue weighted by Gasteiger charge is -2.31. The summed E-state index contributed by atoms with van der Waals surface area (Å²) in [6, 6.07) is 18.0. The molecule has 2 aromatic carbocycles. The molecule has 0 nitrogen and oxygen atoms in total. The molecule has 2 bridgehead atoms. The van der Waals surface area contributed by atoms with Crippen molar-refractivity contribution in [3.05, 3.63) is 70.8 Å². The summed E-state index contributed by atoms with van der Waals surface area (Å²) in [6.45, 7) is 0. The molecule has 0 unspecified atom stereocenters. The fourth-order valence-corrected chi connectivity index (χ4v) is 4.45. The molecule has 0 saturated heterocycles. The highest BCUT2D eigenvalue weighted by atomic mass is 35.5. The highest BCUT2D eigenvalue weighted by Crippen LogP contribution is 2.61. The smallest absolute Gasteiger partial charge is 0.0223 e. The number of hydrogen-bond acceptors (Lipinski definition) is 0. The van der Waals surface area contributed by atoms with Crippen molar-refractivity contribution in [3.8, 4) is 0 Å². The van der Waals surface area contributed by atoms with E-state index in [1.807, 2.05) is 0 Å². The summed E-state index contributed by atoms with van der Waals surface area (Å²) in [6.07, 6.45) is 3.53. The Morgan fingerprint density at radius 3 is 2.11 bits per heavy atom. The van der Waals surface area contributed by atoms with Gasteiger partial charge in [0.05, 0.1) is 0 Å². The fraction of sp³-hybridized carbons (Fsp3) is 0.333. The zero-order valence-electron chi connectivity index (χ0n) is 10.9. The number of benzene rings is 2. The van der Waals surface area contributed by atoms with E-state index in [0.717, 1.165) is 12.3 Å². The predicted octanol–water partition coefficient (Wildman–Crippen LogP) is 4.84. The molecular weight excluding hydrogens is 252 g/mol. The Hall–Kier alpha value is -1.27. The van der Waals surface area contributed by atoms with Gasteiger partial charge in [0.15, 0.2) is 0 Å². The fourth-order valence-electron chi connectivity index (χ4n) is 4.31. The Morgan fingerprint density at radius 2 is 1.53 bits per heavy atom. The Balaban J connectivity index is 1.94. The van der Waals surface area contributed by atoms with E-state index >= 15 is 0 Å². The summed E-state index contributed by atoms with van der Waals surface area (Å²) in [7, 11) is 0. The molecule has 0 atom stereocenters. The van der Waals surface area contributed by atoms with Gasteiger partial charge in [-0.3, -0.25) is 0 Å². The molecule has 0 amide bonds. The maximum absolute atomic E-state index is 5.97. The largest absolute Gasteiger partial charge is 0.127 e. The minimum atomic E-state index is 0.243. The van der Waals surface area contributed by atoms with Gasteiger partial charge < -0.3 is 0 Å². The summed E-state index contributed by atoms with van der Waals surface area (Å²) >= 11 is 5.97. The maximum atomic E-state index is 5.97. The minimum absolute atomic E-state index is 0.243. The predicted molar refractivity (Wildman–Crippen MR) is 80.1 cm³/mol. The van der Waals surface area contributed by atoms with Crippen LogP contribution in [0.15, 0.2) is 48.5 Å². The first-order valence-electron chi connectivity index (χ1n) is 7.11. The van der Waals surface area contributed by atoms with Crippen molar-refractivity contribution in [3.63, 3.8) is 0 Å². The van der Waals surface area contributed by atoms with Crippen molar-refractivity contribution in [2.24, 2.45) is 0 Å². The third-order valence-electron chi connectivity index (χ3n) is 4.99. The lowest BCUT2D eigenvalue weighted by atomic mass is 9.72. The Bertz CT molecular complexity index is 582. The summed E-state index contributed by atoms with van der Waals surface area (Å²) in [5, 5.41) is 0. The molecule has 0 spiro atoms. The summed E-state index contributed by atoms with van der Waals surface area (Å²) in [5.41, 5.74) is 6.46. The van der Waals surface area contributed by atoms with Crippen molar-refractivity contribution in [2.45, 2.75) is 30.6 Å². The van der Waals surface area contributed by atoms with Gasteiger partial charge in [-0.25, -0.2) is 0 Å². The van der Waals surface area contributed by atoms with Crippen LogP contribution >= 0.6 is 11.6 Å². The van der Waals surface area contributed by atoms with Crippen LogP contribution in [-0.2, 0) is 5.41 Å². The molecule has 19 heavy (non-hydrogen) atoms. The van der Waals surface area contributed by atoms with Gasteiger partial charge >= 0.3 is 0 Å². The van der Waals surface area contributed by atoms with Gasteiger partial charge in [-0.15, -0.1) is 11.6 Å². The first-order chi connectivity index (χ1) is 9.37. The lowest BCUT2D eigenvalue weighted by molar-refractivity contribution is 0.482. The molecule has 2 aromatic rings. The number of rotatable bonds is 3. The van der Waals surface area contributed by atoms with Gasteiger partial charge in [0.1, 0.15) is 0 Å². The molecule has 2 aliphatic rings. The standard InChI is InChI=1S/C18H17Cl/c19-11-5-10-18-12-15(13-6-1-3-8-16(13)18)14-7-2-4-9-17(14)18/h1-4,6-9,15H,5,10-12H2. The Labute approximate surface area is 119 Å². The number of halogens is 1. The summed E-state index contributed by atoms with van der Waals surface area (Å²) in [4.78, 5) is 0. The quantitative estimate of drug-likeness (QED) is 0.699. The first kappa shape index (κ1) is 11.5. The van der Waals surface area contributed by atoms with Crippen molar-refractivity contribution in [1.82, 2.24) is 0 Å². The van der Waals surface area contributed by atoms with Gasteiger partial charge in [0, 0.05) is 17.2 Å². The molecule has 0 heterocycles. The number of fused-ring (bicyclic) bond motifs is 8. The van der Waals surface area contributed by atoms with Gasteiger partial charge in [0.25, 0.3) is 0 Å². The van der Waals surface area contributed by atoms with Crippen LogP contribution in [0.2, 0.25) is 0 Å². The molecular formula is C18H17Cl. The highest BCUT2D eigenvalue weighted by molar-refractivity contribution is 6.17. The normalized spacial score (nSPS) is 26.3. The molecule has 0 aliphatic heterocycles. The van der Waals surface area contributed by atoms with Crippen molar-refractivity contribution in [2.75, 3.05) is 5.88 Å².